The van der Waals surface area contributed by atoms with Crippen molar-refractivity contribution in [3.05, 3.63) is 17.5 Å². The second-order valence-electron chi connectivity index (χ2n) is 3.12. The highest BCUT2D eigenvalue weighted by atomic mass is 32.2. The highest BCUT2D eigenvalue weighted by Gasteiger charge is 1.99. The Morgan fingerprint density at radius 3 is 2.53 bits per heavy atom. The quantitative estimate of drug-likeness (QED) is 0.360. The van der Waals surface area contributed by atoms with E-state index in [1.165, 1.54) is 0 Å². The Kier molecular flexibility index (Phi) is 6.05. The Morgan fingerprint density at radius 1 is 1.27 bits per heavy atom. The molecule has 1 aromatic heterocycles. The monoisotopic (exact) mass is 244 g/mol. The van der Waals surface area contributed by atoms with Crippen molar-refractivity contribution in [3.63, 3.8) is 0 Å². The average Bonchev–Trinajstić information content (AvgIpc) is 2.16. The number of thioether (sulfide) groups is 1. The van der Waals surface area contributed by atoms with Crippen molar-refractivity contribution < 1.29 is 4.74 Å². The zero-order valence-electron chi connectivity index (χ0n) is 9.06. The molecule has 1 rings (SSSR count). The van der Waals surface area contributed by atoms with Gasteiger partial charge in [0.1, 0.15) is 0 Å². The average molecular weight is 244 g/mol. The van der Waals surface area contributed by atoms with Crippen molar-refractivity contribution in [1.82, 2.24) is 9.97 Å². The number of hydrogen-bond acceptors (Lipinski definition) is 5. The third-order valence-electron chi connectivity index (χ3n) is 1.66. The van der Waals surface area contributed by atoms with Crippen LogP contribution >= 0.6 is 24.4 Å². The van der Waals surface area contributed by atoms with E-state index in [1.54, 1.807) is 11.8 Å². The molecule has 5 heteroatoms. The van der Waals surface area contributed by atoms with Crippen LogP contribution in [0.25, 0.3) is 0 Å². The summed E-state index contributed by atoms with van der Waals surface area (Å²) in [5, 5.41) is 0.835. The predicted molar refractivity (Wildman–Crippen MR) is 66.9 cm³/mol. The molecule has 0 aromatic carbocycles. The molecule has 0 aliphatic carbocycles. The first-order chi connectivity index (χ1) is 7.22. The van der Waals surface area contributed by atoms with E-state index >= 15 is 0 Å². The Bertz CT molecular complexity index is 287. The van der Waals surface area contributed by atoms with Crippen molar-refractivity contribution in [2.45, 2.75) is 19.0 Å². The van der Waals surface area contributed by atoms with E-state index in [9.17, 15) is 0 Å². The molecule has 0 bridgehead atoms. The summed E-state index contributed by atoms with van der Waals surface area (Å²) in [7, 11) is 0. The van der Waals surface area contributed by atoms with Gasteiger partial charge in [-0.3, -0.25) is 0 Å². The summed E-state index contributed by atoms with van der Waals surface area (Å²) in [6.45, 7) is 5.39. The highest BCUT2D eigenvalue weighted by Crippen LogP contribution is 2.13. The summed E-state index contributed by atoms with van der Waals surface area (Å²) in [5.74, 6) is 1.65. The summed E-state index contributed by atoms with van der Waals surface area (Å²) in [6, 6.07) is 1.97. The third-order valence-corrected chi connectivity index (χ3v) is 2.65. The van der Waals surface area contributed by atoms with Gasteiger partial charge in [-0.1, -0.05) is 11.8 Å². The predicted octanol–water partition coefficient (Wildman–Crippen LogP) is 2.13. The van der Waals surface area contributed by atoms with E-state index in [2.05, 4.69) is 22.6 Å². The van der Waals surface area contributed by atoms with Crippen LogP contribution in [0.15, 0.2) is 11.2 Å². The number of aromatic nitrogens is 2. The molecule has 0 saturated carbocycles. The topological polar surface area (TPSA) is 35.0 Å². The molecular formula is C10H16N2OS2. The molecule has 0 radical (unpaired) electrons. The van der Waals surface area contributed by atoms with Gasteiger partial charge < -0.3 is 4.74 Å². The lowest BCUT2D eigenvalue weighted by atomic mass is 10.4. The van der Waals surface area contributed by atoms with Gasteiger partial charge in [-0.15, -0.1) is 0 Å². The number of nitrogens with zero attached hydrogens (tertiary/aromatic N) is 2. The van der Waals surface area contributed by atoms with Gasteiger partial charge >= 0.3 is 0 Å². The number of hydrogen-bond donors (Lipinski definition) is 1. The van der Waals surface area contributed by atoms with Crippen LogP contribution in [0.1, 0.15) is 11.4 Å². The molecule has 3 nitrogen and oxygen atoms in total. The molecule has 0 aliphatic heterocycles. The molecule has 0 unspecified atom stereocenters. The SMILES string of the molecule is Cc1cc(C)nc(SCCOCCS)n1. The second-order valence-corrected chi connectivity index (χ2v) is 4.63. The normalized spacial score (nSPS) is 10.6. The van der Waals surface area contributed by atoms with Crippen LogP contribution in [-0.2, 0) is 4.74 Å². The summed E-state index contributed by atoms with van der Waals surface area (Å²) in [6.07, 6.45) is 0. The molecule has 0 amide bonds. The molecule has 15 heavy (non-hydrogen) atoms. The number of aryl methyl sites for hydroxylation is 2. The molecule has 0 N–H and O–H groups in total. The zero-order valence-corrected chi connectivity index (χ0v) is 10.8. The van der Waals surface area contributed by atoms with Crippen LogP contribution in [0.5, 0.6) is 0 Å². The largest absolute Gasteiger partial charge is 0.380 e. The molecule has 0 saturated heterocycles. The van der Waals surface area contributed by atoms with E-state index in [0.29, 0.717) is 6.61 Å². The molecule has 0 aliphatic rings. The fourth-order valence-electron chi connectivity index (χ4n) is 1.12. The number of ether oxygens (including phenoxy) is 1. The third kappa shape index (κ3) is 5.39. The van der Waals surface area contributed by atoms with Gasteiger partial charge in [-0.25, -0.2) is 9.97 Å². The Morgan fingerprint density at radius 2 is 1.93 bits per heavy atom. The van der Waals surface area contributed by atoms with Crippen molar-refractivity contribution in [2.75, 3.05) is 24.7 Å². The van der Waals surface area contributed by atoms with E-state index < -0.39 is 0 Å². The maximum Gasteiger partial charge on any atom is 0.188 e. The summed E-state index contributed by atoms with van der Waals surface area (Å²) in [5.41, 5.74) is 2.03. The van der Waals surface area contributed by atoms with Crippen LogP contribution < -0.4 is 0 Å². The lowest BCUT2D eigenvalue weighted by molar-refractivity contribution is 0.167. The van der Waals surface area contributed by atoms with Crippen LogP contribution in [-0.4, -0.2) is 34.7 Å². The van der Waals surface area contributed by atoms with Gasteiger partial charge in [0.15, 0.2) is 5.16 Å². The highest BCUT2D eigenvalue weighted by molar-refractivity contribution is 7.99. The fourth-order valence-corrected chi connectivity index (χ4v) is 2.05. The van der Waals surface area contributed by atoms with Crippen LogP contribution in [0.2, 0.25) is 0 Å². The molecule has 0 atom stereocenters. The van der Waals surface area contributed by atoms with Crippen LogP contribution in [0, 0.1) is 13.8 Å². The van der Waals surface area contributed by atoms with Crippen LogP contribution in [0.4, 0.5) is 0 Å². The van der Waals surface area contributed by atoms with Gasteiger partial charge in [-0.05, 0) is 19.9 Å². The summed E-state index contributed by atoms with van der Waals surface area (Å²) >= 11 is 5.69. The van der Waals surface area contributed by atoms with Crippen molar-refractivity contribution in [2.24, 2.45) is 0 Å². The second kappa shape index (κ2) is 7.09. The fraction of sp³-hybridized carbons (Fsp3) is 0.600. The standard InChI is InChI=1S/C10H16N2OS2/c1-8-7-9(2)12-10(11-8)15-6-4-13-3-5-14/h7,14H,3-6H2,1-2H3. The molecule has 0 fully saturated rings. The maximum atomic E-state index is 5.31. The van der Waals surface area contributed by atoms with Gasteiger partial charge in [-0.2, -0.15) is 12.6 Å². The minimum Gasteiger partial charge on any atom is -0.380 e. The van der Waals surface area contributed by atoms with E-state index in [0.717, 1.165) is 34.7 Å². The van der Waals surface area contributed by atoms with E-state index in [-0.39, 0.29) is 0 Å². The first-order valence-corrected chi connectivity index (χ1v) is 6.48. The maximum absolute atomic E-state index is 5.31. The zero-order chi connectivity index (χ0) is 11.1. The smallest absolute Gasteiger partial charge is 0.188 e. The minimum absolute atomic E-state index is 0.706. The first-order valence-electron chi connectivity index (χ1n) is 4.86. The minimum atomic E-state index is 0.706. The van der Waals surface area contributed by atoms with Gasteiger partial charge in [0.2, 0.25) is 0 Å². The van der Waals surface area contributed by atoms with Crippen molar-refractivity contribution >= 4 is 24.4 Å². The Labute approximate surface area is 100 Å². The lowest BCUT2D eigenvalue weighted by Crippen LogP contribution is -2.01. The van der Waals surface area contributed by atoms with Gasteiger partial charge in [0.05, 0.1) is 13.2 Å². The van der Waals surface area contributed by atoms with E-state index in [1.807, 2.05) is 19.9 Å². The summed E-state index contributed by atoms with van der Waals surface area (Å²) in [4.78, 5) is 8.67. The molecule has 1 aromatic rings. The first kappa shape index (κ1) is 12.8. The summed E-state index contributed by atoms with van der Waals surface area (Å²) < 4.78 is 5.31. The van der Waals surface area contributed by atoms with Crippen LogP contribution in [0.3, 0.4) is 0 Å². The molecule has 1 heterocycles. The van der Waals surface area contributed by atoms with Crippen molar-refractivity contribution in [1.29, 1.82) is 0 Å². The lowest BCUT2D eigenvalue weighted by Gasteiger charge is -2.03. The van der Waals surface area contributed by atoms with Crippen molar-refractivity contribution in [3.8, 4) is 0 Å². The van der Waals surface area contributed by atoms with E-state index in [4.69, 9.17) is 4.74 Å². The Balaban J connectivity index is 2.31. The molecule has 84 valence electrons. The molecule has 0 spiro atoms. The number of rotatable bonds is 6. The van der Waals surface area contributed by atoms with Gasteiger partial charge in [0, 0.05) is 22.9 Å². The van der Waals surface area contributed by atoms with Gasteiger partial charge in [0.25, 0.3) is 0 Å². The molecular weight excluding hydrogens is 228 g/mol. The number of thiol groups is 1. The Hall–Kier alpha value is -0.260.